The minimum absolute atomic E-state index is 0.0553. The first-order chi connectivity index (χ1) is 32.2. The molecule has 352 valence electrons. The van der Waals surface area contributed by atoms with Gasteiger partial charge in [0.15, 0.2) is 17.0 Å². The molecule has 1 amide bonds. The summed E-state index contributed by atoms with van der Waals surface area (Å²) in [6, 6.07) is 31.4. The molecule has 6 aromatic rings. The molecule has 1 saturated carbocycles. The van der Waals surface area contributed by atoms with Crippen molar-refractivity contribution in [3.05, 3.63) is 130 Å². The number of amides is 1. The number of likely N-dealkylation sites (tertiary alicyclic amines) is 1. The molecule has 2 aliphatic carbocycles. The van der Waals surface area contributed by atoms with Crippen molar-refractivity contribution in [3.63, 3.8) is 0 Å². The highest BCUT2D eigenvalue weighted by Gasteiger charge is 2.67. The van der Waals surface area contributed by atoms with Crippen molar-refractivity contribution < 1.29 is 23.1 Å². The molecule has 4 aromatic carbocycles. The maximum atomic E-state index is 12.3. The van der Waals surface area contributed by atoms with Crippen LogP contribution in [0.15, 0.2) is 103 Å². The Labute approximate surface area is 401 Å². The average Bonchev–Trinajstić information content (AvgIpc) is 3.51. The SMILES string of the molecule is CCC1(c2cccc(NS(=O)(=O)CCOC)c2)C2CN(CC3(O)CCc4ccccc4C3)CC21.CCNC1(C(N)=O)CN(c2ncnc3c2nc(-c2ccccc2Cl)n3-c2ccc(Cl)cc2)C1. The third-order valence-electron chi connectivity index (χ3n) is 14.3. The molecular weight excluding hydrogens is 910 g/mol. The molecule has 0 radical (unpaired) electrons. The summed E-state index contributed by atoms with van der Waals surface area (Å²) in [4.78, 5) is 30.5. The van der Waals surface area contributed by atoms with Crippen molar-refractivity contribution in [2.75, 3.05) is 68.4 Å². The molecule has 0 bridgehead atoms. The van der Waals surface area contributed by atoms with Crippen LogP contribution in [0.5, 0.6) is 0 Å². The number of fused-ring (bicyclic) bond motifs is 3. The lowest BCUT2D eigenvalue weighted by atomic mass is 9.80. The lowest BCUT2D eigenvalue weighted by Crippen LogP contribution is -2.75. The van der Waals surface area contributed by atoms with Crippen molar-refractivity contribution in [2.24, 2.45) is 17.6 Å². The van der Waals surface area contributed by atoms with Crippen molar-refractivity contribution in [2.45, 2.75) is 56.1 Å². The standard InChI is InChI=1S/C27H36N2O4S.C23H21Cl2N7O/c1-3-27(22-9-6-10-23(15-22)28-34(31,32)14-13-33-2)24-17-29(18-25(24)27)19-26(30)12-11-20-7-4-5-8-21(20)16-26;1-2-29-23(22(26)33)11-31(12-23)20-18-21(28-13-27-20)32(15-9-7-14(24)8-10-15)19(30-18)16-5-3-4-6-17(16)25/h4-10,15,24-25,28,30H,3,11-14,16-19H2,1-2H3;3-10,13,29H,2,11-12H2,1H3,(H2,26,33). The second-order valence-electron chi connectivity index (χ2n) is 18.4. The van der Waals surface area contributed by atoms with Crippen LogP contribution in [0, 0.1) is 11.8 Å². The van der Waals surface area contributed by atoms with Crippen LogP contribution in [0.1, 0.15) is 43.4 Å². The Bertz CT molecular complexity index is 2880. The quantitative estimate of drug-likeness (QED) is 0.0866. The number of nitrogens with zero attached hydrogens (tertiary/aromatic N) is 6. The van der Waals surface area contributed by atoms with Gasteiger partial charge in [-0.2, -0.15) is 0 Å². The Morgan fingerprint density at radius 3 is 2.34 bits per heavy atom. The number of halogens is 2. The van der Waals surface area contributed by atoms with Gasteiger partial charge in [0.2, 0.25) is 15.9 Å². The number of likely N-dealkylation sites (N-methyl/N-ethyl adjacent to an activating group) is 1. The Kier molecular flexibility index (Phi) is 13.1. The van der Waals surface area contributed by atoms with Gasteiger partial charge in [-0.05, 0) is 103 Å². The van der Waals surface area contributed by atoms with Gasteiger partial charge in [-0.3, -0.25) is 19.0 Å². The lowest BCUT2D eigenvalue weighted by Gasteiger charge is -2.48. The average molecular weight is 967 g/mol. The third-order valence-corrected chi connectivity index (χ3v) is 16.1. The number of piperidine rings is 1. The first kappa shape index (κ1) is 47.0. The highest BCUT2D eigenvalue weighted by Crippen LogP contribution is 2.65. The van der Waals surface area contributed by atoms with E-state index < -0.39 is 21.2 Å². The lowest BCUT2D eigenvalue weighted by molar-refractivity contribution is -0.125. The summed E-state index contributed by atoms with van der Waals surface area (Å²) >= 11 is 12.7. The molecule has 4 aliphatic rings. The Hall–Kier alpha value is -5.13. The van der Waals surface area contributed by atoms with E-state index in [0.717, 1.165) is 56.6 Å². The third kappa shape index (κ3) is 9.15. The van der Waals surface area contributed by atoms with E-state index in [2.05, 4.69) is 62.2 Å². The van der Waals surface area contributed by atoms with Gasteiger partial charge in [0.05, 0.1) is 23.0 Å². The molecule has 14 nitrogen and oxygen atoms in total. The highest BCUT2D eigenvalue weighted by molar-refractivity contribution is 7.92. The minimum atomic E-state index is -3.43. The number of hydrogen-bond acceptors (Lipinski definition) is 11. The Morgan fingerprint density at radius 2 is 1.66 bits per heavy atom. The summed E-state index contributed by atoms with van der Waals surface area (Å²) in [5.74, 6) is 1.94. The number of ether oxygens (including phenoxy) is 1. The first-order valence-electron chi connectivity index (χ1n) is 22.9. The molecule has 4 heterocycles. The van der Waals surface area contributed by atoms with E-state index in [4.69, 9.17) is 38.7 Å². The van der Waals surface area contributed by atoms with Crippen molar-refractivity contribution >= 4 is 61.8 Å². The van der Waals surface area contributed by atoms with Crippen LogP contribution in [0.3, 0.4) is 0 Å². The number of carbonyl (C=O) groups is 1. The summed E-state index contributed by atoms with van der Waals surface area (Å²) in [5.41, 5.74) is 11.7. The molecule has 3 fully saturated rings. The topological polar surface area (TPSA) is 181 Å². The van der Waals surface area contributed by atoms with Gasteiger partial charge < -0.3 is 25.8 Å². The molecule has 2 aliphatic heterocycles. The molecule has 2 aromatic heterocycles. The highest BCUT2D eigenvalue weighted by atomic mass is 35.5. The normalized spacial score (nSPS) is 22.9. The summed E-state index contributed by atoms with van der Waals surface area (Å²) in [6.45, 7) is 8.51. The van der Waals surface area contributed by atoms with Crippen molar-refractivity contribution in [3.8, 4) is 17.1 Å². The van der Waals surface area contributed by atoms with E-state index in [1.165, 1.54) is 30.1 Å². The van der Waals surface area contributed by atoms with E-state index in [1.807, 2.05) is 83.1 Å². The van der Waals surface area contributed by atoms with Gasteiger partial charge >= 0.3 is 0 Å². The predicted octanol–water partition coefficient (Wildman–Crippen LogP) is 6.65. The zero-order valence-electron chi connectivity index (χ0n) is 38.0. The minimum Gasteiger partial charge on any atom is -0.388 e. The zero-order chi connectivity index (χ0) is 47.1. The number of β-amino-alcohol motifs (C(OH)–C–C–N with tert-alkyl or cyclic N) is 1. The summed E-state index contributed by atoms with van der Waals surface area (Å²) in [6.07, 6.45) is 5.03. The largest absolute Gasteiger partial charge is 0.388 e. The maximum Gasteiger partial charge on any atom is 0.241 e. The molecular formula is C50H57Cl2N9O5S. The molecule has 3 atom stereocenters. The number of sulfonamides is 1. The number of primary amides is 1. The Balaban J connectivity index is 0.000000168. The number of nitrogens with one attached hydrogen (secondary N) is 2. The number of methoxy groups -OCH3 is 1. The van der Waals surface area contributed by atoms with Crippen LogP contribution < -0.4 is 20.7 Å². The number of rotatable bonds is 15. The number of hydrogen-bond donors (Lipinski definition) is 4. The number of nitrogens with two attached hydrogens (primary N) is 1. The molecule has 3 unspecified atom stereocenters. The smallest absolute Gasteiger partial charge is 0.241 e. The predicted molar refractivity (Wildman–Crippen MR) is 264 cm³/mol. The molecule has 10 rings (SSSR count). The van der Waals surface area contributed by atoms with Crippen molar-refractivity contribution in [1.29, 1.82) is 0 Å². The number of imidazole rings is 1. The van der Waals surface area contributed by atoms with E-state index in [0.29, 0.717) is 70.0 Å². The number of carbonyl (C=O) groups excluding carboxylic acids is 1. The van der Waals surface area contributed by atoms with Crippen LogP contribution in [-0.4, -0.2) is 114 Å². The van der Waals surface area contributed by atoms with E-state index in [9.17, 15) is 18.3 Å². The molecule has 67 heavy (non-hydrogen) atoms. The van der Waals surface area contributed by atoms with E-state index in [1.54, 1.807) is 0 Å². The molecule has 17 heteroatoms. The van der Waals surface area contributed by atoms with Gasteiger partial charge in [-0.15, -0.1) is 0 Å². The van der Waals surface area contributed by atoms with Gasteiger partial charge in [0.25, 0.3) is 0 Å². The number of aryl methyl sites for hydroxylation is 1. The number of aromatic nitrogens is 4. The summed E-state index contributed by atoms with van der Waals surface area (Å²) < 4.78 is 34.2. The first-order valence-corrected chi connectivity index (χ1v) is 25.3. The number of aliphatic hydroxyl groups is 1. The molecule has 5 N–H and O–H groups in total. The fourth-order valence-corrected chi connectivity index (χ4v) is 12.3. The zero-order valence-corrected chi connectivity index (χ0v) is 40.3. The van der Waals surface area contributed by atoms with Crippen LogP contribution in [0.2, 0.25) is 10.0 Å². The van der Waals surface area contributed by atoms with E-state index in [-0.39, 0.29) is 23.7 Å². The van der Waals surface area contributed by atoms with Crippen LogP contribution in [-0.2, 0) is 37.8 Å². The Morgan fingerprint density at radius 1 is 0.940 bits per heavy atom. The summed E-state index contributed by atoms with van der Waals surface area (Å²) in [7, 11) is -1.93. The van der Waals surface area contributed by atoms with Gasteiger partial charge in [-0.1, -0.05) is 85.6 Å². The monoisotopic (exact) mass is 965 g/mol. The van der Waals surface area contributed by atoms with E-state index >= 15 is 0 Å². The van der Waals surface area contributed by atoms with Crippen LogP contribution >= 0.6 is 23.2 Å². The summed E-state index contributed by atoms with van der Waals surface area (Å²) in [5, 5.41) is 15.8. The fourth-order valence-electron chi connectivity index (χ4n) is 11.0. The van der Waals surface area contributed by atoms with Gasteiger partial charge in [0, 0.05) is 73.6 Å². The second kappa shape index (κ2) is 18.8. The van der Waals surface area contributed by atoms with Crippen molar-refractivity contribution in [1.82, 2.24) is 29.7 Å². The molecule has 0 spiro atoms. The van der Waals surface area contributed by atoms with Crippen LogP contribution in [0.4, 0.5) is 11.5 Å². The number of benzene rings is 4. The number of anilines is 2. The second-order valence-corrected chi connectivity index (χ2v) is 21.1. The van der Waals surface area contributed by atoms with Crippen LogP contribution in [0.25, 0.3) is 28.2 Å². The van der Waals surface area contributed by atoms with Gasteiger partial charge in [-0.25, -0.2) is 23.4 Å². The maximum absolute atomic E-state index is 12.3. The molecule has 2 saturated heterocycles. The van der Waals surface area contributed by atoms with Gasteiger partial charge in [0.1, 0.15) is 17.7 Å². The fraction of sp³-hybridized carbons (Fsp3) is 0.400.